The van der Waals surface area contributed by atoms with E-state index in [1.807, 2.05) is 42.5 Å². The third-order valence-electron chi connectivity index (χ3n) is 4.43. The summed E-state index contributed by atoms with van der Waals surface area (Å²) in [5.41, 5.74) is 6.68. The molecule has 0 spiro atoms. The number of hydrogen-bond acceptors (Lipinski definition) is 6. The van der Waals surface area contributed by atoms with E-state index in [0.29, 0.717) is 22.5 Å². The van der Waals surface area contributed by atoms with Gasteiger partial charge in [-0.3, -0.25) is 4.79 Å². The minimum absolute atomic E-state index is 0.241. The van der Waals surface area contributed by atoms with Gasteiger partial charge in [-0.25, -0.2) is 10.2 Å². The second-order valence-electron chi connectivity index (χ2n) is 6.20. The number of anilines is 1. The average Bonchev–Trinajstić information content (AvgIpc) is 3.06. The molecule has 0 bridgehead atoms. The van der Waals surface area contributed by atoms with Crippen molar-refractivity contribution in [3.05, 3.63) is 77.0 Å². The molecule has 2 aromatic carbocycles. The number of allylic oxidation sites excluding steroid dienone is 1. The summed E-state index contributed by atoms with van der Waals surface area (Å²) in [6.45, 7) is 1.79. The number of ether oxygens (including phenoxy) is 1. The Balaban J connectivity index is 1.83. The predicted octanol–water partition coefficient (Wildman–Crippen LogP) is 3.79. The number of para-hydroxylation sites is 1. The molecule has 0 saturated heterocycles. The molecule has 6 nitrogen and oxygen atoms in total. The van der Waals surface area contributed by atoms with Gasteiger partial charge in [-0.05, 0) is 31.2 Å². The molecule has 2 aliphatic heterocycles. The number of fused-ring (bicyclic) bond motifs is 1. The zero-order chi connectivity index (χ0) is 19.7. The van der Waals surface area contributed by atoms with E-state index >= 15 is 0 Å². The molecule has 2 N–H and O–H groups in total. The van der Waals surface area contributed by atoms with Crippen molar-refractivity contribution in [3.63, 3.8) is 0 Å². The van der Waals surface area contributed by atoms with Gasteiger partial charge in [-0.1, -0.05) is 42.1 Å². The smallest absolute Gasteiger partial charge is 0.339 e. The third-order valence-corrected chi connectivity index (χ3v) is 5.57. The zero-order valence-electron chi connectivity index (χ0n) is 15.3. The topological polar surface area (TPSA) is 79.8 Å². The maximum Gasteiger partial charge on any atom is 0.339 e. The maximum absolute atomic E-state index is 12.2. The zero-order valence-corrected chi connectivity index (χ0v) is 16.1. The highest BCUT2D eigenvalue weighted by Crippen LogP contribution is 2.43. The van der Waals surface area contributed by atoms with E-state index in [1.54, 1.807) is 19.1 Å². The van der Waals surface area contributed by atoms with Crippen molar-refractivity contribution < 1.29 is 14.3 Å². The SMILES string of the molecule is COC(=O)c1ccccc1SC1=CC(=C2C(=O)NN=C2C)Nc2ccccc21. The number of hydrogen-bond donors (Lipinski definition) is 2. The van der Waals surface area contributed by atoms with Gasteiger partial charge >= 0.3 is 5.97 Å². The largest absolute Gasteiger partial charge is 0.465 e. The fraction of sp³-hybridized carbons (Fsp3) is 0.0952. The first-order valence-electron chi connectivity index (χ1n) is 8.61. The van der Waals surface area contributed by atoms with Crippen LogP contribution < -0.4 is 10.7 Å². The second-order valence-corrected chi connectivity index (χ2v) is 7.28. The van der Waals surface area contributed by atoms with Crippen LogP contribution in [0, 0.1) is 0 Å². The highest BCUT2D eigenvalue weighted by atomic mass is 32.2. The van der Waals surface area contributed by atoms with E-state index in [-0.39, 0.29) is 11.9 Å². The Morgan fingerprint density at radius 2 is 1.86 bits per heavy atom. The number of thioether (sulfide) groups is 1. The number of methoxy groups -OCH3 is 1. The van der Waals surface area contributed by atoms with Crippen LogP contribution >= 0.6 is 11.8 Å². The van der Waals surface area contributed by atoms with Gasteiger partial charge in [-0.2, -0.15) is 5.10 Å². The summed E-state index contributed by atoms with van der Waals surface area (Å²) in [6.07, 6.45) is 1.92. The van der Waals surface area contributed by atoms with Crippen LogP contribution in [-0.4, -0.2) is 24.7 Å². The molecule has 0 radical (unpaired) electrons. The number of rotatable bonds is 3. The van der Waals surface area contributed by atoms with Crippen LogP contribution in [0.15, 0.2) is 75.9 Å². The molecule has 28 heavy (non-hydrogen) atoms. The molecule has 4 rings (SSSR count). The number of nitrogens with zero attached hydrogens (tertiary/aromatic N) is 1. The molecule has 0 aromatic heterocycles. The highest BCUT2D eigenvalue weighted by Gasteiger charge is 2.26. The van der Waals surface area contributed by atoms with Crippen molar-refractivity contribution in [3.8, 4) is 0 Å². The van der Waals surface area contributed by atoms with E-state index in [2.05, 4.69) is 15.8 Å². The number of carbonyl (C=O) groups excluding carboxylic acids is 2. The van der Waals surface area contributed by atoms with Crippen molar-refractivity contribution in [1.29, 1.82) is 0 Å². The van der Waals surface area contributed by atoms with E-state index in [1.165, 1.54) is 18.9 Å². The monoisotopic (exact) mass is 391 g/mol. The lowest BCUT2D eigenvalue weighted by atomic mass is 10.0. The molecule has 0 unspecified atom stereocenters. The van der Waals surface area contributed by atoms with Gasteiger partial charge in [0, 0.05) is 21.1 Å². The Morgan fingerprint density at radius 1 is 1.11 bits per heavy atom. The molecule has 1 amide bonds. The first-order valence-corrected chi connectivity index (χ1v) is 9.42. The van der Waals surface area contributed by atoms with E-state index < -0.39 is 0 Å². The Bertz CT molecular complexity index is 1090. The summed E-state index contributed by atoms with van der Waals surface area (Å²) >= 11 is 1.46. The van der Waals surface area contributed by atoms with Crippen LogP contribution in [0.3, 0.4) is 0 Å². The number of carbonyl (C=O) groups is 2. The van der Waals surface area contributed by atoms with Gasteiger partial charge < -0.3 is 10.1 Å². The Morgan fingerprint density at radius 3 is 2.61 bits per heavy atom. The number of benzene rings is 2. The van der Waals surface area contributed by atoms with Crippen molar-refractivity contribution in [2.24, 2.45) is 5.10 Å². The normalized spacial score (nSPS) is 17.9. The minimum atomic E-state index is -0.386. The molecule has 2 aliphatic rings. The number of nitrogens with one attached hydrogen (secondary N) is 2. The highest BCUT2D eigenvalue weighted by molar-refractivity contribution is 8.08. The van der Waals surface area contributed by atoms with Gasteiger partial charge in [0.25, 0.3) is 5.91 Å². The van der Waals surface area contributed by atoms with Crippen LogP contribution in [0.1, 0.15) is 22.8 Å². The fourth-order valence-corrected chi connectivity index (χ4v) is 4.21. The minimum Gasteiger partial charge on any atom is -0.465 e. The summed E-state index contributed by atoms with van der Waals surface area (Å²) < 4.78 is 4.90. The summed E-state index contributed by atoms with van der Waals surface area (Å²) in [5, 5.41) is 7.33. The molecule has 2 heterocycles. The van der Waals surface area contributed by atoms with Crippen LogP contribution in [0.5, 0.6) is 0 Å². The van der Waals surface area contributed by atoms with E-state index in [4.69, 9.17) is 4.74 Å². The lowest BCUT2D eigenvalue weighted by molar-refractivity contribution is -0.116. The molecular formula is C21H17N3O3S. The molecule has 0 aliphatic carbocycles. The Labute approximate surface area is 166 Å². The van der Waals surface area contributed by atoms with E-state index in [0.717, 1.165) is 21.1 Å². The Hall–Kier alpha value is -3.32. The first-order chi connectivity index (χ1) is 13.6. The summed E-state index contributed by atoms with van der Waals surface area (Å²) in [5.74, 6) is -0.627. The lowest BCUT2D eigenvalue weighted by Gasteiger charge is -2.22. The van der Waals surface area contributed by atoms with Crippen LogP contribution in [0.25, 0.3) is 4.91 Å². The van der Waals surface area contributed by atoms with Crippen molar-refractivity contribution in [2.45, 2.75) is 11.8 Å². The van der Waals surface area contributed by atoms with Gasteiger partial charge in [0.15, 0.2) is 0 Å². The second kappa shape index (κ2) is 7.36. The molecule has 2 aromatic rings. The average molecular weight is 391 g/mol. The molecule has 0 fully saturated rings. The Kier molecular flexibility index (Phi) is 4.75. The predicted molar refractivity (Wildman–Crippen MR) is 110 cm³/mol. The number of amides is 1. The molecule has 0 saturated carbocycles. The van der Waals surface area contributed by atoms with Crippen molar-refractivity contribution in [2.75, 3.05) is 12.4 Å². The van der Waals surface area contributed by atoms with Crippen molar-refractivity contribution in [1.82, 2.24) is 5.43 Å². The van der Waals surface area contributed by atoms with Crippen LogP contribution in [0.2, 0.25) is 0 Å². The summed E-state index contributed by atoms with van der Waals surface area (Å²) in [6, 6.07) is 15.1. The molecule has 0 atom stereocenters. The number of esters is 1. The van der Waals surface area contributed by atoms with Gasteiger partial charge in [0.2, 0.25) is 0 Å². The number of hydrazone groups is 1. The molecule has 140 valence electrons. The molecular weight excluding hydrogens is 374 g/mol. The fourth-order valence-electron chi connectivity index (χ4n) is 3.10. The van der Waals surface area contributed by atoms with E-state index in [9.17, 15) is 9.59 Å². The van der Waals surface area contributed by atoms with Crippen LogP contribution in [-0.2, 0) is 9.53 Å². The lowest BCUT2D eigenvalue weighted by Crippen LogP contribution is -2.18. The van der Waals surface area contributed by atoms with Gasteiger partial charge in [0.1, 0.15) is 0 Å². The van der Waals surface area contributed by atoms with Crippen molar-refractivity contribution >= 4 is 39.9 Å². The quantitative estimate of drug-likeness (QED) is 0.615. The first kappa shape index (κ1) is 18.1. The van der Waals surface area contributed by atoms with Crippen LogP contribution in [0.4, 0.5) is 5.69 Å². The van der Waals surface area contributed by atoms with Gasteiger partial charge in [-0.15, -0.1) is 0 Å². The standard InChI is InChI=1S/C21H17N3O3S/c1-12-19(20(25)24-23-12)16-11-18(13-7-3-5-9-15(13)22-16)28-17-10-6-4-8-14(17)21(26)27-2/h3-11,22H,1-2H3,(H,24,25). The third kappa shape index (κ3) is 3.20. The summed E-state index contributed by atoms with van der Waals surface area (Å²) in [4.78, 5) is 26.1. The molecule has 7 heteroatoms. The summed E-state index contributed by atoms with van der Waals surface area (Å²) in [7, 11) is 1.37. The maximum atomic E-state index is 12.2. The van der Waals surface area contributed by atoms with Gasteiger partial charge in [0.05, 0.1) is 29.7 Å².